The maximum absolute atomic E-state index is 14.0. The number of alkyl halides is 3. The first-order valence-electron chi connectivity index (χ1n) is 12.6. The van der Waals surface area contributed by atoms with Gasteiger partial charge >= 0.3 is 12.1 Å². The summed E-state index contributed by atoms with van der Waals surface area (Å²) in [6, 6.07) is 17.9. The monoisotopic (exact) mass is 561 g/mol. The van der Waals surface area contributed by atoms with Crippen LogP contribution in [0.2, 0.25) is 0 Å². The first-order chi connectivity index (χ1) is 19.5. The Kier molecular flexibility index (Phi) is 7.32. The first-order valence-corrected chi connectivity index (χ1v) is 12.6. The van der Waals surface area contributed by atoms with Crippen molar-refractivity contribution in [3.8, 4) is 11.1 Å². The van der Waals surface area contributed by atoms with E-state index in [1.165, 1.54) is 40.9 Å². The zero-order valence-electron chi connectivity index (χ0n) is 21.6. The van der Waals surface area contributed by atoms with Crippen LogP contribution in [0.4, 0.5) is 17.6 Å². The zero-order valence-corrected chi connectivity index (χ0v) is 21.6. The van der Waals surface area contributed by atoms with Crippen LogP contribution >= 0.6 is 0 Å². The number of carboxylic acids is 1. The number of pyridine rings is 1. The Morgan fingerprint density at radius 3 is 2.32 bits per heavy atom. The van der Waals surface area contributed by atoms with E-state index in [-0.39, 0.29) is 17.5 Å². The summed E-state index contributed by atoms with van der Waals surface area (Å²) in [7, 11) is 0. The number of benzene rings is 3. The molecule has 0 fully saturated rings. The van der Waals surface area contributed by atoms with Crippen molar-refractivity contribution in [1.82, 2.24) is 14.9 Å². The molecule has 0 radical (unpaired) electrons. The predicted octanol–water partition coefficient (Wildman–Crippen LogP) is 6.94. The summed E-state index contributed by atoms with van der Waals surface area (Å²) in [5, 5.41) is 16.5. The number of nitrogens with zero attached hydrogens (tertiary/aromatic N) is 2. The number of carbonyl (C=O) groups is 2. The molecule has 5 aromatic rings. The van der Waals surface area contributed by atoms with Gasteiger partial charge in [0.05, 0.1) is 34.4 Å². The molecule has 1 unspecified atom stereocenters. The third-order valence-electron chi connectivity index (χ3n) is 6.77. The van der Waals surface area contributed by atoms with Crippen molar-refractivity contribution in [2.75, 3.05) is 0 Å². The molecule has 5 rings (SSSR count). The minimum atomic E-state index is -4.45. The fourth-order valence-electron chi connectivity index (χ4n) is 4.62. The number of aromatic carboxylic acids is 1. The molecule has 0 aliphatic rings. The summed E-state index contributed by atoms with van der Waals surface area (Å²) < 4.78 is 54.6. The Morgan fingerprint density at radius 1 is 0.976 bits per heavy atom. The zero-order chi connectivity index (χ0) is 29.3. The maximum Gasteiger partial charge on any atom is 0.416 e. The number of fused-ring (bicyclic) bond motifs is 1. The molecular formula is C31H23F4N3O3. The second kappa shape index (κ2) is 10.9. The highest BCUT2D eigenvalue weighted by Crippen LogP contribution is 2.31. The van der Waals surface area contributed by atoms with E-state index in [0.29, 0.717) is 33.3 Å². The van der Waals surface area contributed by atoms with E-state index in [9.17, 15) is 27.2 Å². The summed E-state index contributed by atoms with van der Waals surface area (Å²) in [6.07, 6.45) is -1.03. The van der Waals surface area contributed by atoms with Gasteiger partial charge in [0.1, 0.15) is 5.82 Å². The largest absolute Gasteiger partial charge is 0.478 e. The van der Waals surface area contributed by atoms with Gasteiger partial charge in [0.25, 0.3) is 5.91 Å². The highest BCUT2D eigenvalue weighted by Gasteiger charge is 2.30. The van der Waals surface area contributed by atoms with E-state index >= 15 is 0 Å². The fraction of sp³-hybridized carbons (Fsp3) is 0.129. The molecule has 41 heavy (non-hydrogen) atoms. The Labute approximate surface area is 231 Å². The van der Waals surface area contributed by atoms with Crippen molar-refractivity contribution in [2.24, 2.45) is 0 Å². The van der Waals surface area contributed by atoms with E-state index < -0.39 is 35.5 Å². The smallest absolute Gasteiger partial charge is 0.416 e. The SMILES string of the molecule is CC(NC(=O)c1cc(-c2cccc(F)c2)cn2ncc(Cc3ccc(C(F)(F)F)cc3)c12)c1ccc(C(=O)O)cc1. The van der Waals surface area contributed by atoms with Gasteiger partial charge in [0, 0.05) is 23.7 Å². The third-order valence-corrected chi connectivity index (χ3v) is 6.77. The lowest BCUT2D eigenvalue weighted by Gasteiger charge is -2.16. The minimum Gasteiger partial charge on any atom is -0.478 e. The van der Waals surface area contributed by atoms with E-state index in [0.717, 1.165) is 12.1 Å². The Balaban J connectivity index is 1.53. The molecular weight excluding hydrogens is 538 g/mol. The third kappa shape index (κ3) is 5.96. The van der Waals surface area contributed by atoms with Crippen LogP contribution < -0.4 is 5.32 Å². The van der Waals surface area contributed by atoms with Gasteiger partial charge in [-0.15, -0.1) is 0 Å². The lowest BCUT2D eigenvalue weighted by molar-refractivity contribution is -0.137. The van der Waals surface area contributed by atoms with Crippen LogP contribution in [0, 0.1) is 5.82 Å². The molecule has 0 aliphatic heterocycles. The van der Waals surface area contributed by atoms with Crippen LogP contribution in [0.15, 0.2) is 91.3 Å². The maximum atomic E-state index is 14.0. The molecule has 0 saturated heterocycles. The molecule has 208 valence electrons. The van der Waals surface area contributed by atoms with Gasteiger partial charge in [0.15, 0.2) is 0 Å². The molecule has 0 aliphatic carbocycles. The van der Waals surface area contributed by atoms with E-state index in [2.05, 4.69) is 10.4 Å². The number of amides is 1. The van der Waals surface area contributed by atoms with Crippen molar-refractivity contribution in [1.29, 1.82) is 0 Å². The van der Waals surface area contributed by atoms with Crippen LogP contribution in [-0.2, 0) is 12.6 Å². The number of nitrogens with one attached hydrogen (secondary N) is 1. The van der Waals surface area contributed by atoms with Gasteiger partial charge in [-0.25, -0.2) is 13.7 Å². The fourth-order valence-corrected chi connectivity index (χ4v) is 4.62. The predicted molar refractivity (Wildman–Crippen MR) is 144 cm³/mol. The number of carbonyl (C=O) groups excluding carboxylic acids is 1. The summed E-state index contributed by atoms with van der Waals surface area (Å²) in [6.45, 7) is 1.75. The van der Waals surface area contributed by atoms with Crippen molar-refractivity contribution in [3.05, 3.63) is 130 Å². The van der Waals surface area contributed by atoms with E-state index in [1.54, 1.807) is 49.6 Å². The summed E-state index contributed by atoms with van der Waals surface area (Å²) in [4.78, 5) is 24.9. The van der Waals surface area contributed by atoms with Gasteiger partial charge in [-0.3, -0.25) is 4.79 Å². The molecule has 0 bridgehead atoms. The number of aromatic nitrogens is 2. The molecule has 1 amide bonds. The molecule has 3 aromatic carbocycles. The summed E-state index contributed by atoms with van der Waals surface area (Å²) in [5.74, 6) is -1.97. The average Bonchev–Trinajstić information content (AvgIpc) is 3.34. The Morgan fingerprint density at radius 2 is 1.68 bits per heavy atom. The average molecular weight is 562 g/mol. The number of hydrogen-bond donors (Lipinski definition) is 2. The van der Waals surface area contributed by atoms with E-state index in [1.807, 2.05) is 0 Å². The molecule has 1 atom stereocenters. The highest BCUT2D eigenvalue weighted by atomic mass is 19.4. The first kappa shape index (κ1) is 27.6. The number of hydrogen-bond acceptors (Lipinski definition) is 3. The highest BCUT2D eigenvalue weighted by molar-refractivity contribution is 6.03. The van der Waals surface area contributed by atoms with Crippen LogP contribution in [0.3, 0.4) is 0 Å². The molecule has 10 heteroatoms. The van der Waals surface area contributed by atoms with Crippen LogP contribution in [-0.4, -0.2) is 26.6 Å². The number of halogens is 4. The van der Waals surface area contributed by atoms with Gasteiger partial charge in [0.2, 0.25) is 0 Å². The Hall–Kier alpha value is -4.99. The number of carboxylic acid groups (broad SMARTS) is 1. The van der Waals surface area contributed by atoms with Crippen molar-refractivity contribution in [3.63, 3.8) is 0 Å². The topological polar surface area (TPSA) is 83.7 Å². The van der Waals surface area contributed by atoms with Crippen molar-refractivity contribution < 1.29 is 32.3 Å². The van der Waals surface area contributed by atoms with Gasteiger partial charge in [-0.05, 0) is 66.1 Å². The Bertz CT molecular complexity index is 1740. The number of rotatable bonds is 7. The molecule has 2 aromatic heterocycles. The van der Waals surface area contributed by atoms with Crippen LogP contribution in [0.25, 0.3) is 16.6 Å². The lowest BCUT2D eigenvalue weighted by atomic mass is 9.99. The van der Waals surface area contributed by atoms with Gasteiger partial charge in [-0.1, -0.05) is 36.4 Å². The normalized spacial score (nSPS) is 12.3. The standard InChI is InChI=1S/C31H23F4N3O3/c1-18(20-7-9-21(10-8-20)30(40)41)37-29(39)27-15-24(22-3-2-4-26(32)14-22)17-38-28(27)23(16-36-38)13-19-5-11-25(12-6-19)31(33,34)35/h2-12,14-18H,13H2,1H3,(H,37,39)(H,40,41). The minimum absolute atomic E-state index is 0.115. The van der Waals surface area contributed by atoms with Crippen LogP contribution in [0.5, 0.6) is 0 Å². The molecule has 2 N–H and O–H groups in total. The molecule has 0 spiro atoms. The second-order valence-corrected chi connectivity index (χ2v) is 9.61. The van der Waals surface area contributed by atoms with Crippen molar-refractivity contribution in [2.45, 2.75) is 25.6 Å². The van der Waals surface area contributed by atoms with Gasteiger partial charge in [-0.2, -0.15) is 18.3 Å². The summed E-state index contributed by atoms with van der Waals surface area (Å²) in [5.41, 5.74) is 2.99. The summed E-state index contributed by atoms with van der Waals surface area (Å²) >= 11 is 0. The molecule has 6 nitrogen and oxygen atoms in total. The molecule has 0 saturated carbocycles. The quantitative estimate of drug-likeness (QED) is 0.211. The second-order valence-electron chi connectivity index (χ2n) is 9.61. The van der Waals surface area contributed by atoms with Crippen molar-refractivity contribution >= 4 is 17.4 Å². The van der Waals surface area contributed by atoms with Crippen LogP contribution in [0.1, 0.15) is 55.9 Å². The lowest BCUT2D eigenvalue weighted by Crippen LogP contribution is -2.27. The molecule has 2 heterocycles. The van der Waals surface area contributed by atoms with E-state index in [4.69, 9.17) is 5.11 Å². The van der Waals surface area contributed by atoms with Gasteiger partial charge < -0.3 is 10.4 Å².